The molecule has 0 unspecified atom stereocenters. The number of benzene rings is 1. The molecule has 5 aromatic heterocycles. The van der Waals surface area contributed by atoms with E-state index in [-0.39, 0.29) is 5.82 Å². The third-order valence-corrected chi connectivity index (χ3v) is 5.22. The fourth-order valence-electron chi connectivity index (χ4n) is 3.74. The molecule has 7 nitrogen and oxygen atoms in total. The molecule has 0 aliphatic carbocycles. The Morgan fingerprint density at radius 1 is 0.774 bits per heavy atom. The standard InChI is InChI=1S/C23H14FN7/c24-15-3-1-13(2-4-15)16-5-6-27-22-17(16)10-19(29-22)21-18-9-14(11-28-23(18)31-30-21)20-12-25-7-8-26-20/h1-12H,(H,27,29)(H,28,30,31). The van der Waals surface area contributed by atoms with Gasteiger partial charge in [0.25, 0.3) is 0 Å². The maximum absolute atomic E-state index is 13.4. The molecule has 0 bridgehead atoms. The van der Waals surface area contributed by atoms with Gasteiger partial charge in [-0.1, -0.05) is 12.1 Å². The summed E-state index contributed by atoms with van der Waals surface area (Å²) in [5, 5.41) is 9.21. The van der Waals surface area contributed by atoms with E-state index >= 15 is 0 Å². The molecule has 0 amide bonds. The number of nitrogens with zero attached hydrogens (tertiary/aromatic N) is 5. The van der Waals surface area contributed by atoms with Gasteiger partial charge in [0.05, 0.1) is 23.3 Å². The zero-order valence-electron chi connectivity index (χ0n) is 16.0. The lowest BCUT2D eigenvalue weighted by atomic mass is 10.0. The highest BCUT2D eigenvalue weighted by atomic mass is 19.1. The van der Waals surface area contributed by atoms with Gasteiger partial charge in [-0.3, -0.25) is 15.1 Å². The Balaban J connectivity index is 1.51. The number of aromatic nitrogens is 7. The van der Waals surface area contributed by atoms with Crippen molar-refractivity contribution in [1.82, 2.24) is 35.1 Å². The van der Waals surface area contributed by atoms with E-state index in [1.54, 1.807) is 43.1 Å². The van der Waals surface area contributed by atoms with Crippen molar-refractivity contribution in [1.29, 1.82) is 0 Å². The summed E-state index contributed by atoms with van der Waals surface area (Å²) in [4.78, 5) is 20.8. The van der Waals surface area contributed by atoms with E-state index in [4.69, 9.17) is 0 Å². The molecule has 148 valence electrons. The van der Waals surface area contributed by atoms with E-state index in [9.17, 15) is 4.39 Å². The molecule has 6 rings (SSSR count). The first-order valence-electron chi connectivity index (χ1n) is 9.61. The third kappa shape index (κ3) is 2.93. The van der Waals surface area contributed by atoms with Crippen LogP contribution in [-0.4, -0.2) is 35.1 Å². The number of halogens is 1. The first-order valence-corrected chi connectivity index (χ1v) is 9.61. The van der Waals surface area contributed by atoms with E-state index in [0.29, 0.717) is 5.65 Å². The van der Waals surface area contributed by atoms with Crippen molar-refractivity contribution in [3.05, 3.63) is 79.3 Å². The van der Waals surface area contributed by atoms with E-state index < -0.39 is 0 Å². The highest BCUT2D eigenvalue weighted by Crippen LogP contribution is 2.33. The number of pyridine rings is 2. The fraction of sp³-hybridized carbons (Fsp3) is 0. The van der Waals surface area contributed by atoms with Crippen LogP contribution in [0.5, 0.6) is 0 Å². The largest absolute Gasteiger partial charge is 0.338 e. The van der Waals surface area contributed by atoms with Crippen molar-refractivity contribution in [2.45, 2.75) is 0 Å². The smallest absolute Gasteiger partial charge is 0.181 e. The predicted octanol–water partition coefficient (Wildman–Crippen LogP) is 4.76. The third-order valence-electron chi connectivity index (χ3n) is 5.22. The van der Waals surface area contributed by atoms with Crippen LogP contribution in [0.1, 0.15) is 0 Å². The number of nitrogens with one attached hydrogen (secondary N) is 2. The van der Waals surface area contributed by atoms with Crippen molar-refractivity contribution in [3.63, 3.8) is 0 Å². The molecule has 0 radical (unpaired) electrons. The average molecular weight is 407 g/mol. The van der Waals surface area contributed by atoms with Gasteiger partial charge in [0.1, 0.15) is 11.5 Å². The Hall–Kier alpha value is -4.46. The number of H-pyrrole nitrogens is 2. The second-order valence-electron chi connectivity index (χ2n) is 7.10. The van der Waals surface area contributed by atoms with Crippen LogP contribution in [0.15, 0.2) is 73.4 Å². The molecule has 5 heterocycles. The molecule has 0 aliphatic rings. The normalized spacial score (nSPS) is 11.4. The van der Waals surface area contributed by atoms with E-state index in [1.165, 1.54) is 12.1 Å². The van der Waals surface area contributed by atoms with Crippen molar-refractivity contribution in [2.75, 3.05) is 0 Å². The number of rotatable bonds is 3. The van der Waals surface area contributed by atoms with Crippen LogP contribution in [0.3, 0.4) is 0 Å². The van der Waals surface area contributed by atoms with E-state index in [1.807, 2.05) is 18.2 Å². The zero-order chi connectivity index (χ0) is 20.8. The van der Waals surface area contributed by atoms with Crippen LogP contribution in [0.2, 0.25) is 0 Å². The van der Waals surface area contributed by atoms with Crippen molar-refractivity contribution in [2.24, 2.45) is 0 Å². The maximum Gasteiger partial charge on any atom is 0.181 e. The first-order chi connectivity index (χ1) is 15.3. The van der Waals surface area contributed by atoms with Gasteiger partial charge in [0.15, 0.2) is 5.65 Å². The van der Waals surface area contributed by atoms with Crippen LogP contribution in [0.4, 0.5) is 4.39 Å². The highest BCUT2D eigenvalue weighted by Gasteiger charge is 2.15. The monoisotopic (exact) mass is 407 g/mol. The van der Waals surface area contributed by atoms with Crippen LogP contribution in [-0.2, 0) is 0 Å². The molecular formula is C23H14FN7. The first kappa shape index (κ1) is 17.4. The molecule has 0 atom stereocenters. The number of hydrogen-bond donors (Lipinski definition) is 2. The summed E-state index contributed by atoms with van der Waals surface area (Å²) in [5.41, 5.74) is 6.44. The van der Waals surface area contributed by atoms with Gasteiger partial charge in [0.2, 0.25) is 0 Å². The minimum atomic E-state index is -0.265. The van der Waals surface area contributed by atoms with E-state index in [0.717, 1.165) is 50.2 Å². The number of aromatic amines is 2. The Morgan fingerprint density at radius 3 is 2.52 bits per heavy atom. The second kappa shape index (κ2) is 6.81. The molecular weight excluding hydrogens is 393 g/mol. The van der Waals surface area contributed by atoms with E-state index in [2.05, 4.69) is 35.1 Å². The van der Waals surface area contributed by atoms with Crippen LogP contribution < -0.4 is 0 Å². The molecule has 6 aromatic rings. The molecule has 31 heavy (non-hydrogen) atoms. The summed E-state index contributed by atoms with van der Waals surface area (Å²) in [5.74, 6) is -0.265. The topological polar surface area (TPSA) is 96.0 Å². The van der Waals surface area contributed by atoms with Gasteiger partial charge in [-0.15, -0.1) is 0 Å². The summed E-state index contributed by atoms with van der Waals surface area (Å²) in [6, 6.07) is 12.4. The summed E-state index contributed by atoms with van der Waals surface area (Å²) < 4.78 is 13.4. The molecule has 0 saturated heterocycles. The van der Waals surface area contributed by atoms with Crippen LogP contribution >= 0.6 is 0 Å². The van der Waals surface area contributed by atoms with Gasteiger partial charge in [-0.25, -0.2) is 14.4 Å². The minimum Gasteiger partial charge on any atom is -0.338 e. The summed E-state index contributed by atoms with van der Waals surface area (Å²) in [6.07, 6.45) is 8.45. The Kier molecular flexibility index (Phi) is 3.82. The average Bonchev–Trinajstić information content (AvgIpc) is 3.43. The Labute approximate surface area is 175 Å². The summed E-state index contributed by atoms with van der Waals surface area (Å²) in [6.45, 7) is 0. The Morgan fingerprint density at radius 2 is 1.68 bits per heavy atom. The molecule has 2 N–H and O–H groups in total. The van der Waals surface area contributed by atoms with Gasteiger partial charge >= 0.3 is 0 Å². The SMILES string of the molecule is Fc1ccc(-c2ccnc3[nH]c(-c4[nH]nc5ncc(-c6cnccn6)cc45)cc23)cc1. The van der Waals surface area contributed by atoms with Crippen LogP contribution in [0, 0.1) is 5.82 Å². The van der Waals surface area contributed by atoms with Gasteiger partial charge in [-0.05, 0) is 41.5 Å². The maximum atomic E-state index is 13.4. The highest BCUT2D eigenvalue weighted by molar-refractivity contribution is 5.99. The Bertz CT molecular complexity index is 1540. The van der Waals surface area contributed by atoms with Crippen molar-refractivity contribution >= 4 is 22.1 Å². The molecule has 0 saturated carbocycles. The predicted molar refractivity (Wildman–Crippen MR) is 115 cm³/mol. The summed E-state index contributed by atoms with van der Waals surface area (Å²) in [7, 11) is 0. The van der Waals surface area contributed by atoms with Gasteiger partial charge in [0, 0.05) is 41.1 Å². The lowest BCUT2D eigenvalue weighted by Crippen LogP contribution is -1.86. The molecule has 0 fully saturated rings. The second-order valence-corrected chi connectivity index (χ2v) is 7.10. The molecule has 8 heteroatoms. The quantitative estimate of drug-likeness (QED) is 0.441. The zero-order valence-corrected chi connectivity index (χ0v) is 16.0. The van der Waals surface area contributed by atoms with Crippen molar-refractivity contribution in [3.8, 4) is 33.8 Å². The molecule has 1 aromatic carbocycles. The molecule has 0 spiro atoms. The molecule has 0 aliphatic heterocycles. The number of hydrogen-bond acceptors (Lipinski definition) is 5. The van der Waals surface area contributed by atoms with Gasteiger partial charge in [-0.2, -0.15) is 5.10 Å². The van der Waals surface area contributed by atoms with Crippen molar-refractivity contribution < 1.29 is 4.39 Å². The van der Waals surface area contributed by atoms with Gasteiger partial charge < -0.3 is 4.98 Å². The minimum absolute atomic E-state index is 0.265. The fourth-order valence-corrected chi connectivity index (χ4v) is 3.74. The summed E-state index contributed by atoms with van der Waals surface area (Å²) >= 11 is 0. The number of fused-ring (bicyclic) bond motifs is 2. The van der Waals surface area contributed by atoms with Crippen LogP contribution in [0.25, 0.3) is 55.8 Å². The lowest BCUT2D eigenvalue weighted by molar-refractivity contribution is 0.628. The lowest BCUT2D eigenvalue weighted by Gasteiger charge is -2.02.